The van der Waals surface area contributed by atoms with Crippen LogP contribution in [0.2, 0.25) is 0 Å². The van der Waals surface area contributed by atoms with Gasteiger partial charge in [-0.3, -0.25) is 0 Å². The fraction of sp³-hybridized carbons (Fsp3) is 0.0556. The fourth-order valence-electron chi connectivity index (χ4n) is 1.78. The van der Waals surface area contributed by atoms with Gasteiger partial charge in [0.15, 0.2) is 0 Å². The maximum Gasteiger partial charge on any atom is 0.119 e. The number of hydrogen-bond donors (Lipinski definition) is 0. The van der Waals surface area contributed by atoms with Crippen molar-refractivity contribution in [2.45, 2.75) is 0 Å². The van der Waals surface area contributed by atoms with E-state index < -0.39 is 0 Å². The molecule has 2 heteroatoms. The van der Waals surface area contributed by atoms with E-state index in [2.05, 4.69) is 12.6 Å². The van der Waals surface area contributed by atoms with Crippen LogP contribution in [0.5, 0.6) is 5.75 Å². The van der Waals surface area contributed by atoms with Gasteiger partial charge in [0.1, 0.15) is 12.4 Å². The molecule has 0 saturated carbocycles. The Morgan fingerprint density at radius 3 is 2.40 bits per heavy atom. The van der Waals surface area contributed by atoms with Crippen molar-refractivity contribution in [2.24, 2.45) is 0 Å². The molecule has 0 amide bonds. The van der Waals surface area contributed by atoms with Crippen molar-refractivity contribution in [2.75, 3.05) is 6.61 Å². The Hall–Kier alpha value is -2.79. The topological polar surface area (TPSA) is 33.0 Å². The summed E-state index contributed by atoms with van der Waals surface area (Å²) in [7, 11) is 0. The van der Waals surface area contributed by atoms with Crippen LogP contribution in [-0.4, -0.2) is 6.61 Å². The molecule has 0 aliphatic carbocycles. The first-order chi connectivity index (χ1) is 9.83. The Morgan fingerprint density at radius 1 is 1.10 bits per heavy atom. The third kappa shape index (κ3) is 3.60. The Balaban J connectivity index is 2.21. The van der Waals surface area contributed by atoms with Gasteiger partial charge >= 0.3 is 0 Å². The van der Waals surface area contributed by atoms with Crippen LogP contribution in [0.25, 0.3) is 11.6 Å². The van der Waals surface area contributed by atoms with Crippen molar-refractivity contribution >= 4 is 11.6 Å². The van der Waals surface area contributed by atoms with E-state index >= 15 is 0 Å². The van der Waals surface area contributed by atoms with Crippen molar-refractivity contribution in [1.29, 1.82) is 5.26 Å². The second-order valence-corrected chi connectivity index (χ2v) is 4.20. The summed E-state index contributed by atoms with van der Waals surface area (Å²) in [6, 6.07) is 19.5. The lowest BCUT2D eigenvalue weighted by Crippen LogP contribution is -1.92. The average molecular weight is 261 g/mol. The first-order valence-electron chi connectivity index (χ1n) is 6.34. The molecule has 0 spiro atoms. The number of nitrogens with zero attached hydrogens (tertiary/aromatic N) is 1. The maximum atomic E-state index is 9.26. The first-order valence-corrected chi connectivity index (χ1v) is 6.34. The van der Waals surface area contributed by atoms with Crippen LogP contribution in [0.15, 0.2) is 67.3 Å². The lowest BCUT2D eigenvalue weighted by atomic mass is 10.0. The van der Waals surface area contributed by atoms with Crippen molar-refractivity contribution in [3.8, 4) is 11.8 Å². The van der Waals surface area contributed by atoms with Crippen LogP contribution in [0.1, 0.15) is 11.1 Å². The lowest BCUT2D eigenvalue weighted by Gasteiger charge is -2.03. The highest BCUT2D eigenvalue weighted by molar-refractivity contribution is 5.89. The number of ether oxygens (including phenoxy) is 1. The van der Waals surface area contributed by atoms with Crippen LogP contribution >= 0.6 is 0 Å². The van der Waals surface area contributed by atoms with Gasteiger partial charge < -0.3 is 4.74 Å². The summed E-state index contributed by atoms with van der Waals surface area (Å²) < 4.78 is 5.42. The summed E-state index contributed by atoms with van der Waals surface area (Å²) in [6.45, 7) is 4.10. The van der Waals surface area contributed by atoms with E-state index in [0.717, 1.165) is 16.9 Å². The van der Waals surface area contributed by atoms with Crippen LogP contribution in [-0.2, 0) is 0 Å². The SMILES string of the molecule is C=CCOc1ccc(C=C(C#N)c2ccccc2)cc1. The Labute approximate surface area is 119 Å². The Morgan fingerprint density at radius 2 is 1.80 bits per heavy atom. The van der Waals surface area contributed by atoms with Crippen LogP contribution in [0, 0.1) is 11.3 Å². The summed E-state index contributed by atoms with van der Waals surface area (Å²) in [5, 5.41) is 9.26. The highest BCUT2D eigenvalue weighted by Gasteiger charge is 2.00. The van der Waals surface area contributed by atoms with Crippen LogP contribution in [0.3, 0.4) is 0 Å². The summed E-state index contributed by atoms with van der Waals surface area (Å²) in [5.74, 6) is 0.792. The zero-order valence-electron chi connectivity index (χ0n) is 11.1. The van der Waals surface area contributed by atoms with Gasteiger partial charge in [-0.05, 0) is 29.3 Å². The maximum absolute atomic E-state index is 9.26. The highest BCUT2D eigenvalue weighted by Crippen LogP contribution is 2.19. The van der Waals surface area contributed by atoms with Gasteiger partial charge in [-0.2, -0.15) is 5.26 Å². The standard InChI is InChI=1S/C18H15NO/c1-2-12-20-18-10-8-15(9-11-18)13-17(14-19)16-6-4-3-5-7-16/h2-11,13H,1,12H2. The van der Waals surface area contributed by atoms with E-state index in [1.807, 2.05) is 60.7 Å². The Kier molecular flexibility index (Phi) is 4.75. The van der Waals surface area contributed by atoms with E-state index in [4.69, 9.17) is 4.74 Å². The molecule has 2 aromatic rings. The summed E-state index contributed by atoms with van der Waals surface area (Å²) >= 11 is 0. The largest absolute Gasteiger partial charge is 0.490 e. The molecule has 0 heterocycles. The van der Waals surface area contributed by atoms with Crippen molar-refractivity contribution < 1.29 is 4.74 Å². The Bertz CT molecular complexity index is 633. The molecule has 2 aromatic carbocycles. The van der Waals surface area contributed by atoms with Gasteiger partial charge in [0.05, 0.1) is 11.6 Å². The molecule has 20 heavy (non-hydrogen) atoms. The molecule has 98 valence electrons. The lowest BCUT2D eigenvalue weighted by molar-refractivity contribution is 0.363. The third-order valence-electron chi connectivity index (χ3n) is 2.76. The number of rotatable bonds is 5. The van der Waals surface area contributed by atoms with Crippen molar-refractivity contribution in [3.05, 3.63) is 78.4 Å². The highest BCUT2D eigenvalue weighted by atomic mass is 16.5. The molecular formula is C18H15NO. The van der Waals surface area contributed by atoms with Crippen molar-refractivity contribution in [1.82, 2.24) is 0 Å². The minimum absolute atomic E-state index is 0.489. The van der Waals surface area contributed by atoms with Gasteiger partial charge in [0.2, 0.25) is 0 Å². The van der Waals surface area contributed by atoms with E-state index in [1.54, 1.807) is 6.08 Å². The molecule has 0 atom stereocenters. The number of benzene rings is 2. The molecule has 0 N–H and O–H groups in total. The average Bonchev–Trinajstić information content (AvgIpc) is 2.52. The smallest absolute Gasteiger partial charge is 0.119 e. The zero-order valence-corrected chi connectivity index (χ0v) is 11.1. The van der Waals surface area contributed by atoms with Gasteiger partial charge in [-0.15, -0.1) is 0 Å². The van der Waals surface area contributed by atoms with Gasteiger partial charge in [-0.25, -0.2) is 0 Å². The van der Waals surface area contributed by atoms with E-state index in [9.17, 15) is 5.26 Å². The molecule has 0 unspecified atom stereocenters. The minimum atomic E-state index is 0.489. The monoisotopic (exact) mass is 261 g/mol. The molecule has 0 aliphatic rings. The predicted molar refractivity (Wildman–Crippen MR) is 82.1 cm³/mol. The van der Waals surface area contributed by atoms with E-state index in [0.29, 0.717) is 12.2 Å². The molecule has 0 aromatic heterocycles. The second kappa shape index (κ2) is 6.96. The second-order valence-electron chi connectivity index (χ2n) is 4.20. The quantitative estimate of drug-likeness (QED) is 0.456. The van der Waals surface area contributed by atoms with E-state index in [1.165, 1.54) is 0 Å². The third-order valence-corrected chi connectivity index (χ3v) is 2.76. The van der Waals surface area contributed by atoms with Gasteiger partial charge in [0, 0.05) is 0 Å². The predicted octanol–water partition coefficient (Wildman–Crippen LogP) is 4.32. The molecule has 2 rings (SSSR count). The number of allylic oxidation sites excluding steroid dienone is 1. The van der Waals surface area contributed by atoms with Gasteiger partial charge in [-0.1, -0.05) is 55.1 Å². The summed E-state index contributed by atoms with van der Waals surface area (Å²) in [4.78, 5) is 0. The number of nitriles is 1. The zero-order chi connectivity index (χ0) is 14.2. The van der Waals surface area contributed by atoms with Crippen molar-refractivity contribution in [3.63, 3.8) is 0 Å². The van der Waals surface area contributed by atoms with Crippen LogP contribution in [0.4, 0.5) is 0 Å². The summed E-state index contributed by atoms with van der Waals surface area (Å²) in [5.41, 5.74) is 2.53. The summed E-state index contributed by atoms with van der Waals surface area (Å²) in [6.07, 6.45) is 3.57. The normalized spacial score (nSPS) is 10.7. The minimum Gasteiger partial charge on any atom is -0.490 e. The molecule has 0 aliphatic heterocycles. The molecule has 2 nitrogen and oxygen atoms in total. The molecule has 0 saturated heterocycles. The molecular weight excluding hydrogens is 246 g/mol. The fourth-order valence-corrected chi connectivity index (χ4v) is 1.78. The van der Waals surface area contributed by atoms with Gasteiger partial charge in [0.25, 0.3) is 0 Å². The van der Waals surface area contributed by atoms with Crippen LogP contribution < -0.4 is 4.74 Å². The molecule has 0 fully saturated rings. The number of hydrogen-bond acceptors (Lipinski definition) is 2. The first kappa shape index (κ1) is 13.6. The van der Waals surface area contributed by atoms with E-state index in [-0.39, 0.29) is 0 Å². The molecule has 0 bridgehead atoms. The molecule has 0 radical (unpaired) electrons.